The van der Waals surface area contributed by atoms with Crippen LogP contribution in [0.2, 0.25) is 0 Å². The van der Waals surface area contributed by atoms with Gasteiger partial charge in [0, 0.05) is 12.8 Å². The van der Waals surface area contributed by atoms with Gasteiger partial charge >= 0.3 is 6.16 Å². The first-order chi connectivity index (χ1) is 25.7. The number of carbonyl (C=O) groups is 1. The highest BCUT2D eigenvalue weighted by Gasteiger charge is 2.22. The van der Waals surface area contributed by atoms with Crippen molar-refractivity contribution < 1.29 is 33.8 Å². The van der Waals surface area contributed by atoms with Crippen molar-refractivity contribution in [1.82, 2.24) is 0 Å². The van der Waals surface area contributed by atoms with Gasteiger partial charge in [-0.25, -0.2) is 14.6 Å². The lowest BCUT2D eigenvalue weighted by atomic mass is 10.0. The molecule has 0 fully saturated rings. The first kappa shape index (κ1) is 51.1. The van der Waals surface area contributed by atoms with Gasteiger partial charge in [-0.05, 0) is 25.7 Å². The van der Waals surface area contributed by atoms with Crippen molar-refractivity contribution in [2.24, 2.45) is 0 Å². The zero-order valence-corrected chi connectivity index (χ0v) is 35.4. The van der Waals surface area contributed by atoms with Gasteiger partial charge in [-0.2, -0.15) is 9.78 Å². The van der Waals surface area contributed by atoms with Gasteiger partial charge in [0.25, 0.3) is 0 Å². The van der Waals surface area contributed by atoms with Crippen LogP contribution in [-0.2, 0) is 29.0 Å². The summed E-state index contributed by atoms with van der Waals surface area (Å²) in [7, 11) is 0. The van der Waals surface area contributed by atoms with E-state index in [9.17, 15) is 4.79 Å². The lowest BCUT2D eigenvalue weighted by Gasteiger charge is -2.20. The normalized spacial score (nSPS) is 12.7. The molecule has 0 aliphatic carbocycles. The molecule has 0 aromatic heterocycles. The Kier molecular flexibility index (Phi) is 43.7. The van der Waals surface area contributed by atoms with Gasteiger partial charge in [0.15, 0.2) is 0 Å². The molecular weight excluding hydrogens is 652 g/mol. The van der Waals surface area contributed by atoms with Crippen LogP contribution in [0.5, 0.6) is 0 Å². The van der Waals surface area contributed by atoms with E-state index < -0.39 is 18.7 Å². The smallest absolute Gasteiger partial charge is 0.401 e. The van der Waals surface area contributed by atoms with E-state index in [-0.39, 0.29) is 0 Å². The summed E-state index contributed by atoms with van der Waals surface area (Å²) in [5.41, 5.74) is 0. The summed E-state index contributed by atoms with van der Waals surface area (Å²) in [6, 6.07) is 0. The van der Waals surface area contributed by atoms with Gasteiger partial charge in [0.1, 0.15) is 0 Å². The number of ether oxygens (including phenoxy) is 2. The van der Waals surface area contributed by atoms with Crippen molar-refractivity contribution in [2.75, 3.05) is 13.2 Å². The molecule has 0 bridgehead atoms. The fourth-order valence-electron chi connectivity index (χ4n) is 6.51. The highest BCUT2D eigenvalue weighted by Crippen LogP contribution is 2.18. The number of hydrogen-bond acceptors (Lipinski definition) is 7. The molecule has 0 amide bonds. The van der Waals surface area contributed by atoms with Crippen molar-refractivity contribution in [3.63, 3.8) is 0 Å². The van der Waals surface area contributed by atoms with Crippen LogP contribution in [0.4, 0.5) is 4.79 Å². The number of hydrogen-bond donors (Lipinski definition) is 0. The first-order valence-corrected chi connectivity index (χ1v) is 23.1. The summed E-state index contributed by atoms with van der Waals surface area (Å²) < 4.78 is 11.2. The Labute approximate surface area is 323 Å². The van der Waals surface area contributed by atoms with E-state index in [0.29, 0.717) is 26.1 Å². The van der Waals surface area contributed by atoms with Crippen LogP contribution in [0.15, 0.2) is 0 Å². The van der Waals surface area contributed by atoms with Crippen LogP contribution in [0.1, 0.15) is 259 Å². The van der Waals surface area contributed by atoms with Crippen molar-refractivity contribution in [2.45, 2.75) is 271 Å². The summed E-state index contributed by atoms with van der Waals surface area (Å²) in [5, 5.41) is 0. The van der Waals surface area contributed by atoms with Crippen molar-refractivity contribution in [1.29, 1.82) is 0 Å². The third-order valence-electron chi connectivity index (χ3n) is 10.1. The minimum Gasteiger partial charge on any atom is -0.401 e. The van der Waals surface area contributed by atoms with E-state index in [1.165, 1.54) is 167 Å². The summed E-state index contributed by atoms with van der Waals surface area (Å²) in [4.78, 5) is 34.7. The molecule has 0 aliphatic heterocycles. The molecule has 52 heavy (non-hydrogen) atoms. The van der Waals surface area contributed by atoms with Crippen LogP contribution in [-0.4, -0.2) is 31.9 Å². The standard InChI is InChI=1S/C45H90O7/c1-5-9-13-15-17-19-21-23-25-27-29-31-33-35-37-39-43(51-47-41-11-7-3)49-45(46)50-44(52-48-42-12-8-4)40-38-36-34-32-30-28-26-24-22-20-18-16-14-10-6-2/h43-44H,5-42H2,1-4H3. The second kappa shape index (κ2) is 44.5. The lowest BCUT2D eigenvalue weighted by Crippen LogP contribution is -2.27. The molecule has 2 unspecified atom stereocenters. The van der Waals surface area contributed by atoms with Gasteiger partial charge in [-0.3, -0.25) is 0 Å². The van der Waals surface area contributed by atoms with Gasteiger partial charge in [0.05, 0.1) is 13.2 Å². The fraction of sp³-hybridized carbons (Fsp3) is 0.978. The molecule has 0 spiro atoms. The fourth-order valence-corrected chi connectivity index (χ4v) is 6.51. The molecule has 0 radical (unpaired) electrons. The maximum atomic E-state index is 12.8. The Morgan fingerprint density at radius 3 is 0.808 bits per heavy atom. The minimum atomic E-state index is -0.796. The maximum absolute atomic E-state index is 12.8. The maximum Gasteiger partial charge on any atom is 0.513 e. The highest BCUT2D eigenvalue weighted by atomic mass is 17.2. The molecule has 7 heteroatoms. The highest BCUT2D eigenvalue weighted by molar-refractivity contribution is 5.60. The molecule has 7 nitrogen and oxygen atoms in total. The van der Waals surface area contributed by atoms with Gasteiger partial charge in [-0.15, -0.1) is 0 Å². The quantitative estimate of drug-likeness (QED) is 0.0202. The Morgan fingerprint density at radius 1 is 0.327 bits per heavy atom. The monoisotopic (exact) mass is 743 g/mol. The van der Waals surface area contributed by atoms with Gasteiger partial charge < -0.3 is 9.47 Å². The molecule has 0 aliphatic rings. The SMILES string of the molecule is CCCCCCCCCCCCCCCCCC(OOCCCC)OC(=O)OC(CCCCCCCCCCCCCCCCC)OOCCCC. The molecule has 312 valence electrons. The predicted octanol–water partition coefficient (Wildman–Crippen LogP) is 15.8. The Bertz CT molecular complexity index is 622. The number of unbranched alkanes of at least 4 members (excludes halogenated alkanes) is 30. The molecule has 0 aromatic rings. The van der Waals surface area contributed by atoms with Gasteiger partial charge in [-0.1, -0.05) is 220 Å². The molecule has 0 aromatic carbocycles. The first-order valence-electron chi connectivity index (χ1n) is 23.1. The van der Waals surface area contributed by atoms with Crippen LogP contribution < -0.4 is 0 Å². The van der Waals surface area contributed by atoms with Crippen molar-refractivity contribution >= 4 is 6.16 Å². The molecule has 0 heterocycles. The molecular formula is C45H90O7. The molecule has 0 saturated heterocycles. The van der Waals surface area contributed by atoms with Crippen molar-refractivity contribution in [3.8, 4) is 0 Å². The van der Waals surface area contributed by atoms with Crippen LogP contribution >= 0.6 is 0 Å². The molecule has 0 N–H and O–H groups in total. The zero-order chi connectivity index (χ0) is 37.8. The van der Waals surface area contributed by atoms with Crippen LogP contribution in [0.25, 0.3) is 0 Å². The van der Waals surface area contributed by atoms with Crippen molar-refractivity contribution in [3.05, 3.63) is 0 Å². The van der Waals surface area contributed by atoms with Crippen LogP contribution in [0, 0.1) is 0 Å². The third kappa shape index (κ3) is 40.3. The van der Waals surface area contributed by atoms with E-state index in [0.717, 1.165) is 51.4 Å². The summed E-state index contributed by atoms with van der Waals surface area (Å²) in [6.07, 6.45) is 41.8. The molecule has 2 atom stereocenters. The average Bonchev–Trinajstić information content (AvgIpc) is 3.14. The van der Waals surface area contributed by atoms with E-state index in [1.54, 1.807) is 0 Å². The second-order valence-electron chi connectivity index (χ2n) is 15.4. The summed E-state index contributed by atoms with van der Waals surface area (Å²) in [5.74, 6) is 0. The van der Waals surface area contributed by atoms with Gasteiger partial charge in [0.2, 0.25) is 12.6 Å². The Morgan fingerprint density at radius 2 is 0.558 bits per heavy atom. The predicted molar refractivity (Wildman–Crippen MR) is 218 cm³/mol. The second-order valence-corrected chi connectivity index (χ2v) is 15.4. The van der Waals surface area contributed by atoms with E-state index in [4.69, 9.17) is 29.0 Å². The summed E-state index contributed by atoms with van der Waals surface area (Å²) >= 11 is 0. The van der Waals surface area contributed by atoms with E-state index in [2.05, 4.69) is 27.7 Å². The Balaban J connectivity index is 4.29. The lowest BCUT2D eigenvalue weighted by molar-refractivity contribution is -0.385. The number of rotatable bonds is 44. The Hall–Kier alpha value is -0.890. The summed E-state index contributed by atoms with van der Waals surface area (Å²) in [6.45, 7) is 9.71. The topological polar surface area (TPSA) is 72.5 Å². The number of carbonyl (C=O) groups excluding carboxylic acids is 1. The van der Waals surface area contributed by atoms with Crippen LogP contribution in [0.3, 0.4) is 0 Å². The largest absolute Gasteiger partial charge is 0.513 e. The average molecular weight is 743 g/mol. The molecule has 0 saturated carbocycles. The molecule has 0 rings (SSSR count). The van der Waals surface area contributed by atoms with E-state index in [1.807, 2.05) is 0 Å². The van der Waals surface area contributed by atoms with E-state index >= 15 is 0 Å². The zero-order valence-electron chi connectivity index (χ0n) is 35.4. The third-order valence-corrected chi connectivity index (χ3v) is 10.1. The minimum absolute atomic E-state index is 0.473.